The fourth-order valence-electron chi connectivity index (χ4n) is 1.93. The van der Waals surface area contributed by atoms with Gasteiger partial charge in [0.1, 0.15) is 17.5 Å². The second-order valence-corrected chi connectivity index (χ2v) is 3.81. The Bertz CT molecular complexity index is 414. The third kappa shape index (κ3) is 2.34. The topological polar surface area (TPSA) is 81.8 Å². The fourth-order valence-corrected chi connectivity index (χ4v) is 1.93. The number of aliphatic carboxylic acids is 1. The van der Waals surface area contributed by atoms with E-state index in [2.05, 4.69) is 0 Å². The first-order valence-electron chi connectivity index (χ1n) is 5.14. The van der Waals surface area contributed by atoms with Gasteiger partial charge in [0.2, 0.25) is 0 Å². The molecule has 0 aliphatic heterocycles. The fraction of sp³-hybridized carbons (Fsp3) is 0.417. The summed E-state index contributed by atoms with van der Waals surface area (Å²) >= 11 is 0. The standard InChI is InChI=1S/C12H17NO4/c1-6-5-7(2)11(17-4)8(10(6)16-3)9(13)12(14)15/h5,9H,13H2,1-4H3,(H,14,15). The van der Waals surface area contributed by atoms with Crippen molar-refractivity contribution < 1.29 is 19.4 Å². The Labute approximate surface area is 100 Å². The van der Waals surface area contributed by atoms with Crippen LogP contribution in [0.1, 0.15) is 22.7 Å². The zero-order valence-electron chi connectivity index (χ0n) is 10.4. The highest BCUT2D eigenvalue weighted by molar-refractivity contribution is 5.78. The summed E-state index contributed by atoms with van der Waals surface area (Å²) < 4.78 is 10.4. The molecule has 94 valence electrons. The lowest BCUT2D eigenvalue weighted by Gasteiger charge is -2.20. The first-order valence-corrected chi connectivity index (χ1v) is 5.14. The van der Waals surface area contributed by atoms with Crippen molar-refractivity contribution >= 4 is 5.97 Å². The molecule has 1 aromatic rings. The molecule has 0 aromatic heterocycles. The highest BCUT2D eigenvalue weighted by Gasteiger charge is 2.26. The third-order valence-corrected chi connectivity index (χ3v) is 2.62. The van der Waals surface area contributed by atoms with Crippen LogP contribution in [0.15, 0.2) is 6.07 Å². The lowest BCUT2D eigenvalue weighted by Crippen LogP contribution is -2.22. The SMILES string of the molecule is COc1c(C)cc(C)c(OC)c1C(N)C(=O)O. The van der Waals surface area contributed by atoms with Gasteiger partial charge in [-0.25, -0.2) is 0 Å². The van der Waals surface area contributed by atoms with Gasteiger partial charge in [-0.2, -0.15) is 0 Å². The molecule has 0 aliphatic rings. The van der Waals surface area contributed by atoms with Gasteiger partial charge in [0.25, 0.3) is 0 Å². The quantitative estimate of drug-likeness (QED) is 0.830. The minimum absolute atomic E-state index is 0.375. The molecule has 0 aliphatic carbocycles. The van der Waals surface area contributed by atoms with Gasteiger partial charge in [0.15, 0.2) is 0 Å². The van der Waals surface area contributed by atoms with Gasteiger partial charge in [-0.3, -0.25) is 4.79 Å². The van der Waals surface area contributed by atoms with Crippen molar-refractivity contribution in [2.75, 3.05) is 14.2 Å². The minimum Gasteiger partial charge on any atom is -0.496 e. The van der Waals surface area contributed by atoms with Crippen LogP contribution < -0.4 is 15.2 Å². The molecular weight excluding hydrogens is 222 g/mol. The zero-order chi connectivity index (χ0) is 13.2. The molecule has 5 nitrogen and oxygen atoms in total. The van der Waals surface area contributed by atoms with E-state index in [0.717, 1.165) is 11.1 Å². The molecule has 0 saturated carbocycles. The smallest absolute Gasteiger partial charge is 0.325 e. The summed E-state index contributed by atoms with van der Waals surface area (Å²) in [5, 5.41) is 9.02. The van der Waals surface area contributed by atoms with Crippen LogP contribution in [0.3, 0.4) is 0 Å². The summed E-state index contributed by atoms with van der Waals surface area (Å²) in [6.07, 6.45) is 0. The van der Waals surface area contributed by atoms with Gasteiger partial charge in [-0.1, -0.05) is 0 Å². The summed E-state index contributed by atoms with van der Waals surface area (Å²) in [6.45, 7) is 3.67. The van der Waals surface area contributed by atoms with Gasteiger partial charge in [0, 0.05) is 0 Å². The predicted molar refractivity (Wildman–Crippen MR) is 63.6 cm³/mol. The van der Waals surface area contributed by atoms with E-state index < -0.39 is 12.0 Å². The van der Waals surface area contributed by atoms with Gasteiger partial charge in [-0.15, -0.1) is 0 Å². The molecule has 3 N–H and O–H groups in total. The molecule has 1 unspecified atom stereocenters. The third-order valence-electron chi connectivity index (χ3n) is 2.62. The monoisotopic (exact) mass is 239 g/mol. The minimum atomic E-state index is -1.17. The van der Waals surface area contributed by atoms with E-state index in [1.165, 1.54) is 14.2 Å². The maximum atomic E-state index is 11.0. The van der Waals surface area contributed by atoms with Crippen molar-refractivity contribution in [2.24, 2.45) is 5.73 Å². The van der Waals surface area contributed by atoms with Crippen LogP contribution in [0.5, 0.6) is 11.5 Å². The Balaban J connectivity index is 3.56. The van der Waals surface area contributed by atoms with Gasteiger partial charge >= 0.3 is 5.97 Å². The van der Waals surface area contributed by atoms with E-state index in [1.54, 1.807) is 0 Å². The average Bonchev–Trinajstić information content (AvgIpc) is 2.27. The molecule has 0 saturated heterocycles. The molecule has 0 amide bonds. The van der Waals surface area contributed by atoms with Crippen molar-refractivity contribution in [1.29, 1.82) is 0 Å². The zero-order valence-corrected chi connectivity index (χ0v) is 10.4. The number of carbonyl (C=O) groups is 1. The number of methoxy groups -OCH3 is 2. The molecule has 0 heterocycles. The summed E-state index contributed by atoms with van der Waals surface area (Å²) in [4.78, 5) is 11.0. The molecule has 0 fully saturated rings. The number of benzene rings is 1. The Morgan fingerprint density at radius 1 is 1.24 bits per heavy atom. The molecule has 1 atom stereocenters. The number of aryl methyl sites for hydroxylation is 2. The van der Waals surface area contributed by atoms with Crippen molar-refractivity contribution in [2.45, 2.75) is 19.9 Å². The average molecular weight is 239 g/mol. The largest absolute Gasteiger partial charge is 0.496 e. The van der Waals surface area contributed by atoms with Gasteiger partial charge in [0.05, 0.1) is 19.8 Å². The second kappa shape index (κ2) is 5.05. The Morgan fingerprint density at radius 2 is 1.65 bits per heavy atom. The summed E-state index contributed by atoms with van der Waals surface area (Å²) in [6, 6.07) is 0.703. The van der Waals surface area contributed by atoms with E-state index in [-0.39, 0.29) is 0 Å². The second-order valence-electron chi connectivity index (χ2n) is 3.81. The van der Waals surface area contributed by atoms with E-state index in [0.29, 0.717) is 17.1 Å². The molecule has 0 bridgehead atoms. The Kier molecular flexibility index (Phi) is 3.96. The molecule has 0 radical (unpaired) electrons. The number of carboxylic acid groups (broad SMARTS) is 1. The van der Waals surface area contributed by atoms with Crippen LogP contribution in [0.25, 0.3) is 0 Å². The molecule has 5 heteroatoms. The van der Waals surface area contributed by atoms with Crippen LogP contribution >= 0.6 is 0 Å². The predicted octanol–water partition coefficient (Wildman–Crippen LogP) is 1.41. The van der Waals surface area contributed by atoms with Crippen molar-refractivity contribution in [1.82, 2.24) is 0 Å². The first-order chi connectivity index (χ1) is 7.93. The molecule has 1 aromatic carbocycles. The maximum absolute atomic E-state index is 11.0. The number of ether oxygens (including phenoxy) is 2. The normalized spacial score (nSPS) is 12.1. The van der Waals surface area contributed by atoms with Gasteiger partial charge < -0.3 is 20.3 Å². The van der Waals surface area contributed by atoms with Crippen molar-refractivity contribution in [3.8, 4) is 11.5 Å². The van der Waals surface area contributed by atoms with E-state index in [1.807, 2.05) is 19.9 Å². The molecule has 0 spiro atoms. The Morgan fingerprint density at radius 3 is 1.94 bits per heavy atom. The highest BCUT2D eigenvalue weighted by atomic mass is 16.5. The number of carboxylic acids is 1. The van der Waals surface area contributed by atoms with E-state index in [9.17, 15) is 4.79 Å². The van der Waals surface area contributed by atoms with Crippen LogP contribution in [-0.4, -0.2) is 25.3 Å². The summed E-state index contributed by atoms with van der Waals surface area (Å²) in [5.74, 6) is -0.198. The van der Waals surface area contributed by atoms with Crippen LogP contribution in [0, 0.1) is 13.8 Å². The lowest BCUT2D eigenvalue weighted by atomic mass is 9.98. The molecule has 17 heavy (non-hydrogen) atoms. The number of hydrogen-bond acceptors (Lipinski definition) is 4. The van der Waals surface area contributed by atoms with Crippen LogP contribution in [-0.2, 0) is 4.79 Å². The highest BCUT2D eigenvalue weighted by Crippen LogP contribution is 2.38. The summed E-state index contributed by atoms with van der Waals surface area (Å²) in [5.41, 5.74) is 7.71. The lowest BCUT2D eigenvalue weighted by molar-refractivity contribution is -0.138. The number of nitrogens with two attached hydrogens (primary N) is 1. The van der Waals surface area contributed by atoms with Crippen molar-refractivity contribution in [3.05, 3.63) is 22.8 Å². The van der Waals surface area contributed by atoms with Gasteiger partial charge in [-0.05, 0) is 31.0 Å². The van der Waals surface area contributed by atoms with Crippen LogP contribution in [0.4, 0.5) is 0 Å². The number of hydrogen-bond donors (Lipinski definition) is 2. The maximum Gasteiger partial charge on any atom is 0.325 e. The number of rotatable bonds is 4. The van der Waals surface area contributed by atoms with Crippen molar-refractivity contribution in [3.63, 3.8) is 0 Å². The van der Waals surface area contributed by atoms with Crippen LogP contribution in [0.2, 0.25) is 0 Å². The Hall–Kier alpha value is -1.75. The molecule has 1 rings (SSSR count). The van der Waals surface area contributed by atoms with E-state index in [4.69, 9.17) is 20.3 Å². The first kappa shape index (κ1) is 13.3. The van der Waals surface area contributed by atoms with E-state index >= 15 is 0 Å². The summed E-state index contributed by atoms with van der Waals surface area (Å²) in [7, 11) is 2.96. The molecular formula is C12H17NO4.